The monoisotopic (exact) mass is 310 g/mol. The molecule has 0 aromatic rings. The van der Waals surface area contributed by atoms with Crippen molar-refractivity contribution in [2.75, 3.05) is 26.7 Å². The highest BCUT2D eigenvalue weighted by Gasteiger charge is 2.35. The Bertz CT molecular complexity index is 391. The van der Waals surface area contributed by atoms with E-state index in [1.807, 2.05) is 18.7 Å². The number of carbonyl (C=O) groups excluding carboxylic acids is 2. The van der Waals surface area contributed by atoms with Gasteiger partial charge in [-0.15, -0.1) is 0 Å². The first-order chi connectivity index (χ1) is 10.5. The summed E-state index contributed by atoms with van der Waals surface area (Å²) < 4.78 is 4.90. The van der Waals surface area contributed by atoms with Gasteiger partial charge >= 0.3 is 5.97 Å². The number of ether oxygens (including phenoxy) is 1. The van der Waals surface area contributed by atoms with Crippen LogP contribution in [0.4, 0.5) is 0 Å². The van der Waals surface area contributed by atoms with Crippen LogP contribution < -0.4 is 5.32 Å². The molecule has 5 nitrogen and oxygen atoms in total. The van der Waals surface area contributed by atoms with Crippen LogP contribution >= 0.6 is 0 Å². The molecule has 0 radical (unpaired) electrons. The lowest BCUT2D eigenvalue weighted by Crippen LogP contribution is -2.54. The Morgan fingerprint density at radius 3 is 2.50 bits per heavy atom. The molecule has 2 atom stereocenters. The topological polar surface area (TPSA) is 58.6 Å². The average Bonchev–Trinajstić information content (AvgIpc) is 3.04. The van der Waals surface area contributed by atoms with Crippen LogP contribution in [0.1, 0.15) is 46.0 Å². The maximum atomic E-state index is 12.3. The van der Waals surface area contributed by atoms with Gasteiger partial charge in [0.25, 0.3) is 0 Å². The van der Waals surface area contributed by atoms with Crippen LogP contribution in [-0.2, 0) is 14.3 Å². The lowest BCUT2D eigenvalue weighted by molar-refractivity contribution is -0.150. The largest absolute Gasteiger partial charge is 0.469 e. The van der Waals surface area contributed by atoms with Gasteiger partial charge in [0.1, 0.15) is 0 Å². The molecular weight excluding hydrogens is 280 g/mol. The summed E-state index contributed by atoms with van der Waals surface area (Å²) in [7, 11) is 1.42. The van der Waals surface area contributed by atoms with Gasteiger partial charge in [-0.2, -0.15) is 0 Å². The molecule has 0 aromatic heterocycles. The van der Waals surface area contributed by atoms with E-state index in [1.165, 1.54) is 32.8 Å². The number of hydrogen-bond donors (Lipinski definition) is 1. The highest BCUT2D eigenvalue weighted by atomic mass is 16.5. The Hall–Kier alpha value is -1.10. The van der Waals surface area contributed by atoms with Crippen molar-refractivity contribution in [1.82, 2.24) is 10.2 Å². The Morgan fingerprint density at radius 2 is 1.91 bits per heavy atom. The summed E-state index contributed by atoms with van der Waals surface area (Å²) in [5.74, 6) is 0.442. The Labute approximate surface area is 133 Å². The first-order valence-electron chi connectivity index (χ1n) is 8.61. The number of hydrogen-bond acceptors (Lipinski definition) is 4. The Balaban J connectivity index is 1.94. The minimum atomic E-state index is -0.206. The standard InChI is InChI=1S/C17H30N2O3/c1-12(2)16(20)19-10-14(17(21)22-3)8-15(11-19)18-9-13-6-4-5-7-13/h12-15,18H,4-11H2,1-3H3. The van der Waals surface area contributed by atoms with Crippen LogP contribution in [0.15, 0.2) is 0 Å². The molecule has 2 unspecified atom stereocenters. The first kappa shape index (κ1) is 17.3. The zero-order chi connectivity index (χ0) is 16.1. The van der Waals surface area contributed by atoms with Gasteiger partial charge in [0.05, 0.1) is 13.0 Å². The van der Waals surface area contributed by atoms with Crippen molar-refractivity contribution in [2.45, 2.75) is 52.0 Å². The molecule has 1 aliphatic heterocycles. The number of carbonyl (C=O) groups is 2. The molecule has 0 spiro atoms. The van der Waals surface area contributed by atoms with Crippen LogP contribution in [0.25, 0.3) is 0 Å². The van der Waals surface area contributed by atoms with E-state index >= 15 is 0 Å². The third kappa shape index (κ3) is 4.45. The van der Waals surface area contributed by atoms with Gasteiger partial charge in [0.2, 0.25) is 5.91 Å². The molecule has 22 heavy (non-hydrogen) atoms. The molecule has 1 N–H and O–H groups in total. The molecule has 1 heterocycles. The van der Waals surface area contributed by atoms with Crippen molar-refractivity contribution in [2.24, 2.45) is 17.8 Å². The number of rotatable bonds is 5. The minimum absolute atomic E-state index is 0.0353. The van der Waals surface area contributed by atoms with Crippen LogP contribution in [0.2, 0.25) is 0 Å². The van der Waals surface area contributed by atoms with Crippen LogP contribution in [0.5, 0.6) is 0 Å². The van der Waals surface area contributed by atoms with Crippen molar-refractivity contribution >= 4 is 11.9 Å². The van der Waals surface area contributed by atoms with E-state index < -0.39 is 0 Å². The molecule has 1 saturated heterocycles. The quantitative estimate of drug-likeness (QED) is 0.787. The van der Waals surface area contributed by atoms with Crippen molar-refractivity contribution in [3.05, 3.63) is 0 Å². The second-order valence-electron chi connectivity index (χ2n) is 7.11. The summed E-state index contributed by atoms with van der Waals surface area (Å²) >= 11 is 0. The van der Waals surface area contributed by atoms with Crippen LogP contribution in [-0.4, -0.2) is 49.6 Å². The lowest BCUT2D eigenvalue weighted by atomic mass is 9.92. The molecular formula is C17H30N2O3. The molecule has 0 aromatic carbocycles. The molecule has 1 saturated carbocycles. The van der Waals surface area contributed by atoms with E-state index in [0.29, 0.717) is 13.1 Å². The highest BCUT2D eigenvalue weighted by molar-refractivity contribution is 5.80. The van der Waals surface area contributed by atoms with Gasteiger partial charge in [-0.3, -0.25) is 9.59 Å². The molecule has 2 rings (SSSR count). The van der Waals surface area contributed by atoms with Gasteiger partial charge < -0.3 is 15.0 Å². The summed E-state index contributed by atoms with van der Waals surface area (Å²) in [5.41, 5.74) is 0. The number of esters is 1. The fraction of sp³-hybridized carbons (Fsp3) is 0.882. The third-order valence-corrected chi connectivity index (χ3v) is 4.96. The number of likely N-dealkylation sites (tertiary alicyclic amines) is 1. The van der Waals surface area contributed by atoms with Crippen LogP contribution in [0, 0.1) is 17.8 Å². The minimum Gasteiger partial charge on any atom is -0.469 e. The Morgan fingerprint density at radius 1 is 1.23 bits per heavy atom. The van der Waals surface area contributed by atoms with E-state index in [0.717, 1.165) is 18.9 Å². The number of piperidine rings is 1. The van der Waals surface area contributed by atoms with Gasteiger partial charge in [0, 0.05) is 25.0 Å². The second kappa shape index (κ2) is 7.95. The fourth-order valence-electron chi connectivity index (χ4n) is 3.68. The van der Waals surface area contributed by atoms with E-state index in [1.54, 1.807) is 0 Å². The van der Waals surface area contributed by atoms with E-state index in [4.69, 9.17) is 4.74 Å². The predicted molar refractivity (Wildman–Crippen MR) is 85.3 cm³/mol. The lowest BCUT2D eigenvalue weighted by Gasteiger charge is -2.38. The maximum absolute atomic E-state index is 12.3. The van der Waals surface area contributed by atoms with Crippen molar-refractivity contribution in [3.8, 4) is 0 Å². The second-order valence-corrected chi connectivity index (χ2v) is 7.11. The summed E-state index contributed by atoms with van der Waals surface area (Å²) in [6, 6.07) is 0.196. The van der Waals surface area contributed by atoms with E-state index in [2.05, 4.69) is 5.32 Å². The van der Waals surface area contributed by atoms with Gasteiger partial charge in [-0.05, 0) is 31.7 Å². The normalized spacial score (nSPS) is 26.5. The van der Waals surface area contributed by atoms with E-state index in [-0.39, 0.29) is 29.8 Å². The average molecular weight is 310 g/mol. The highest BCUT2D eigenvalue weighted by Crippen LogP contribution is 2.25. The molecule has 2 aliphatic rings. The van der Waals surface area contributed by atoms with Gasteiger partial charge in [-0.1, -0.05) is 26.7 Å². The number of nitrogens with one attached hydrogen (secondary N) is 1. The number of amides is 1. The molecule has 1 aliphatic carbocycles. The van der Waals surface area contributed by atoms with Crippen molar-refractivity contribution < 1.29 is 14.3 Å². The number of methoxy groups -OCH3 is 1. The zero-order valence-electron chi connectivity index (χ0n) is 14.1. The Kier molecular flexibility index (Phi) is 6.24. The molecule has 1 amide bonds. The summed E-state index contributed by atoms with van der Waals surface area (Å²) in [6.07, 6.45) is 6.03. The smallest absolute Gasteiger partial charge is 0.310 e. The van der Waals surface area contributed by atoms with E-state index in [9.17, 15) is 9.59 Å². The van der Waals surface area contributed by atoms with Crippen molar-refractivity contribution in [1.29, 1.82) is 0 Å². The van der Waals surface area contributed by atoms with Crippen molar-refractivity contribution in [3.63, 3.8) is 0 Å². The summed E-state index contributed by atoms with van der Waals surface area (Å²) in [6.45, 7) is 6.01. The summed E-state index contributed by atoms with van der Waals surface area (Å²) in [4.78, 5) is 26.1. The third-order valence-electron chi connectivity index (χ3n) is 4.96. The molecule has 5 heteroatoms. The molecule has 126 valence electrons. The first-order valence-corrected chi connectivity index (χ1v) is 8.61. The maximum Gasteiger partial charge on any atom is 0.310 e. The molecule has 0 bridgehead atoms. The van der Waals surface area contributed by atoms with Gasteiger partial charge in [-0.25, -0.2) is 0 Å². The zero-order valence-corrected chi connectivity index (χ0v) is 14.1. The number of nitrogens with zero attached hydrogens (tertiary/aromatic N) is 1. The fourth-order valence-corrected chi connectivity index (χ4v) is 3.68. The predicted octanol–water partition coefficient (Wildman–Crippen LogP) is 1.81. The van der Waals surface area contributed by atoms with Crippen LogP contribution in [0.3, 0.4) is 0 Å². The summed E-state index contributed by atoms with van der Waals surface area (Å²) in [5, 5.41) is 3.59. The molecule has 2 fully saturated rings. The SMILES string of the molecule is COC(=O)C1CC(NCC2CCCC2)CN(C(=O)C(C)C)C1. The van der Waals surface area contributed by atoms with Gasteiger partial charge in [0.15, 0.2) is 0 Å².